The largest absolute Gasteiger partial charge is 0.489 e. The van der Waals surface area contributed by atoms with E-state index in [0.29, 0.717) is 61.8 Å². The molecule has 1 rings (SSSR count). The highest BCUT2D eigenvalue weighted by Gasteiger charge is 2.30. The van der Waals surface area contributed by atoms with Crippen LogP contribution in [0.4, 0.5) is 0 Å². The molecule has 0 unspecified atom stereocenters. The van der Waals surface area contributed by atoms with Gasteiger partial charge < -0.3 is 23.8 Å². The van der Waals surface area contributed by atoms with Gasteiger partial charge in [-0.1, -0.05) is 64.7 Å². The Kier molecular flexibility index (Phi) is 17.3. The Balaban J connectivity index is 3.07. The van der Waals surface area contributed by atoms with E-state index in [1.165, 1.54) is 51.4 Å². The molecule has 0 aliphatic carbocycles. The zero-order valence-electron chi connectivity index (χ0n) is 22.8. The Morgan fingerprint density at radius 2 is 0.824 bits per heavy atom. The van der Waals surface area contributed by atoms with Gasteiger partial charge in [0, 0.05) is 5.56 Å². The minimum absolute atomic E-state index is 0.421. The minimum Gasteiger partial charge on any atom is -0.489 e. The van der Waals surface area contributed by atoms with Crippen molar-refractivity contribution in [2.24, 2.45) is 0 Å². The van der Waals surface area contributed by atoms with E-state index in [9.17, 15) is 0 Å². The molecule has 0 heterocycles. The molecule has 0 saturated heterocycles. The first-order valence-corrected chi connectivity index (χ1v) is 13.7. The van der Waals surface area contributed by atoms with Crippen LogP contribution in [0.15, 0.2) is 0 Å². The lowest BCUT2D eigenvalue weighted by atomic mass is 10.0. The molecule has 1 aromatic carbocycles. The van der Waals surface area contributed by atoms with Crippen LogP contribution in [-0.2, 0) is 11.3 Å². The van der Waals surface area contributed by atoms with E-state index in [1.807, 2.05) is 34.6 Å². The molecule has 0 spiro atoms. The molecule has 0 amide bonds. The lowest BCUT2D eigenvalue weighted by Gasteiger charge is -2.24. The van der Waals surface area contributed by atoms with Crippen molar-refractivity contribution < 1.29 is 28.7 Å². The maximum Gasteiger partial charge on any atom is 0.218 e. The van der Waals surface area contributed by atoms with Crippen molar-refractivity contribution in [2.45, 2.75) is 112 Å². The molecule has 1 aromatic rings. The topological polar surface area (TPSA) is 55.4 Å². The third-order valence-electron chi connectivity index (χ3n) is 5.57. The normalized spacial score (nSPS) is 10.9. The second-order valence-corrected chi connectivity index (χ2v) is 8.28. The maximum absolute atomic E-state index is 6.11. The fourth-order valence-corrected chi connectivity index (χ4v) is 4.03. The summed E-state index contributed by atoms with van der Waals surface area (Å²) in [4.78, 5) is 11.2. The van der Waals surface area contributed by atoms with Crippen LogP contribution in [0.3, 0.4) is 0 Å². The second kappa shape index (κ2) is 19.5. The first-order chi connectivity index (χ1) is 16.7. The smallest absolute Gasteiger partial charge is 0.218 e. The number of hydrogen-bond acceptors (Lipinski definition) is 6. The summed E-state index contributed by atoms with van der Waals surface area (Å²) in [6.45, 7) is 14.3. The van der Waals surface area contributed by atoms with Gasteiger partial charge in [-0.25, -0.2) is 0 Å². The van der Waals surface area contributed by atoms with Crippen LogP contribution in [-0.4, -0.2) is 33.0 Å². The van der Waals surface area contributed by atoms with E-state index >= 15 is 0 Å². The molecular formula is C28H50O6. The molecule has 6 heteroatoms. The highest BCUT2D eigenvalue weighted by Crippen LogP contribution is 2.54. The number of ether oxygens (including phenoxy) is 4. The van der Waals surface area contributed by atoms with E-state index in [0.717, 1.165) is 24.8 Å². The Bertz CT molecular complexity index is 647. The quantitative estimate of drug-likeness (QED) is 0.0946. The summed E-state index contributed by atoms with van der Waals surface area (Å²) in [6.07, 6.45) is 13.6. The van der Waals surface area contributed by atoms with Crippen LogP contribution in [0.1, 0.15) is 111 Å². The molecule has 6 nitrogen and oxygen atoms in total. The van der Waals surface area contributed by atoms with Crippen molar-refractivity contribution in [1.29, 1.82) is 0 Å². The van der Waals surface area contributed by atoms with Gasteiger partial charge in [0.1, 0.15) is 0 Å². The molecular weight excluding hydrogens is 432 g/mol. The van der Waals surface area contributed by atoms with Crippen LogP contribution in [0.2, 0.25) is 0 Å². The van der Waals surface area contributed by atoms with Gasteiger partial charge in [-0.2, -0.15) is 4.89 Å². The fourth-order valence-electron chi connectivity index (χ4n) is 4.03. The molecule has 198 valence electrons. The van der Waals surface area contributed by atoms with E-state index in [-0.39, 0.29) is 0 Å². The molecule has 0 N–H and O–H groups in total. The van der Waals surface area contributed by atoms with Gasteiger partial charge >= 0.3 is 0 Å². The van der Waals surface area contributed by atoms with E-state index in [1.54, 1.807) is 0 Å². The number of benzene rings is 1. The monoisotopic (exact) mass is 482 g/mol. The average Bonchev–Trinajstić information content (AvgIpc) is 2.84. The Morgan fingerprint density at radius 3 is 1.29 bits per heavy atom. The zero-order chi connectivity index (χ0) is 25.0. The molecule has 0 bridgehead atoms. The Labute approximate surface area is 208 Å². The summed E-state index contributed by atoms with van der Waals surface area (Å²) in [5, 5.41) is 0. The molecule has 0 atom stereocenters. The lowest BCUT2D eigenvalue weighted by Crippen LogP contribution is -2.11. The fraction of sp³-hybridized carbons (Fsp3) is 0.786. The molecule has 0 aliphatic rings. The molecule has 0 aromatic heterocycles. The molecule has 0 saturated carbocycles. The highest BCUT2D eigenvalue weighted by atomic mass is 17.2. The third-order valence-corrected chi connectivity index (χ3v) is 5.57. The number of unbranched alkanes of at least 4 members (excludes halogenated alkanes) is 9. The summed E-state index contributed by atoms with van der Waals surface area (Å²) >= 11 is 0. The van der Waals surface area contributed by atoms with Crippen LogP contribution in [0, 0.1) is 0 Å². The summed E-state index contributed by atoms with van der Waals surface area (Å²) in [7, 11) is 0. The maximum atomic E-state index is 6.11. The third kappa shape index (κ3) is 10.2. The van der Waals surface area contributed by atoms with Crippen molar-refractivity contribution in [3.63, 3.8) is 0 Å². The average molecular weight is 483 g/mol. The second-order valence-electron chi connectivity index (χ2n) is 8.28. The first-order valence-electron chi connectivity index (χ1n) is 13.7. The predicted molar refractivity (Wildman–Crippen MR) is 139 cm³/mol. The zero-order valence-corrected chi connectivity index (χ0v) is 22.8. The molecule has 34 heavy (non-hydrogen) atoms. The molecule has 0 fully saturated rings. The molecule has 0 aliphatic heterocycles. The van der Waals surface area contributed by atoms with Crippen molar-refractivity contribution in [2.75, 3.05) is 33.0 Å². The minimum atomic E-state index is 0.421. The van der Waals surface area contributed by atoms with Gasteiger partial charge in [-0.3, -0.25) is 0 Å². The first kappa shape index (κ1) is 30.2. The van der Waals surface area contributed by atoms with Gasteiger partial charge in [0.25, 0.3) is 0 Å². The standard InChI is InChI=1S/C28H50O6/c1-7-13-14-15-16-17-18-19-20-21-22-23-24(29-8-2)26(30-9-3)28(32-11-5)27(31-10-4)25(23)34-33-12-6/h7-22H2,1-6H3. The van der Waals surface area contributed by atoms with Crippen LogP contribution in [0.5, 0.6) is 28.7 Å². The lowest BCUT2D eigenvalue weighted by molar-refractivity contribution is -0.203. The van der Waals surface area contributed by atoms with Gasteiger partial charge in [-0.15, -0.1) is 0 Å². The van der Waals surface area contributed by atoms with E-state index in [2.05, 4.69) is 6.92 Å². The van der Waals surface area contributed by atoms with Crippen molar-refractivity contribution >= 4 is 0 Å². The predicted octanol–water partition coefficient (Wildman–Crippen LogP) is 8.08. The number of hydrogen-bond donors (Lipinski definition) is 0. The molecule has 0 radical (unpaired) electrons. The van der Waals surface area contributed by atoms with Crippen molar-refractivity contribution in [3.05, 3.63) is 5.56 Å². The SMILES string of the molecule is CCCCCCCCCCCCc1c(OCC)c(OCC)c(OCC)c(OCC)c1OOCC. The van der Waals surface area contributed by atoms with Crippen molar-refractivity contribution in [3.8, 4) is 28.7 Å². The van der Waals surface area contributed by atoms with Gasteiger partial charge in [0.2, 0.25) is 23.0 Å². The van der Waals surface area contributed by atoms with E-state index in [4.69, 9.17) is 28.7 Å². The Hall–Kier alpha value is -1.82. The summed E-state index contributed by atoms with van der Waals surface area (Å²) in [5.41, 5.74) is 0.921. The van der Waals surface area contributed by atoms with E-state index < -0.39 is 0 Å². The Morgan fingerprint density at radius 1 is 0.412 bits per heavy atom. The number of rotatable bonds is 22. The van der Waals surface area contributed by atoms with Crippen LogP contribution in [0.25, 0.3) is 0 Å². The van der Waals surface area contributed by atoms with Gasteiger partial charge in [-0.05, 0) is 47.5 Å². The van der Waals surface area contributed by atoms with Crippen molar-refractivity contribution in [1.82, 2.24) is 0 Å². The van der Waals surface area contributed by atoms with Gasteiger partial charge in [0.15, 0.2) is 5.75 Å². The van der Waals surface area contributed by atoms with Gasteiger partial charge in [0.05, 0.1) is 33.0 Å². The summed E-state index contributed by atoms with van der Waals surface area (Å²) < 4.78 is 24.1. The highest BCUT2D eigenvalue weighted by molar-refractivity contribution is 5.70. The summed E-state index contributed by atoms with van der Waals surface area (Å²) in [5.74, 6) is 2.82. The summed E-state index contributed by atoms with van der Waals surface area (Å²) in [6, 6.07) is 0. The van der Waals surface area contributed by atoms with Crippen LogP contribution < -0.4 is 23.8 Å². The van der Waals surface area contributed by atoms with Crippen LogP contribution >= 0.6 is 0 Å².